The number of primary sulfonamides is 1. The van der Waals surface area contributed by atoms with Crippen molar-refractivity contribution in [1.29, 1.82) is 0 Å². The van der Waals surface area contributed by atoms with E-state index in [2.05, 4.69) is 10.2 Å². The third kappa shape index (κ3) is 3.34. The van der Waals surface area contributed by atoms with Gasteiger partial charge in [0.1, 0.15) is 0 Å². The molecule has 3 N–H and O–H groups in total. The van der Waals surface area contributed by atoms with Crippen molar-refractivity contribution in [2.45, 2.75) is 4.90 Å². The van der Waals surface area contributed by atoms with Crippen LogP contribution < -0.4 is 14.6 Å². The summed E-state index contributed by atoms with van der Waals surface area (Å²) in [5, 5.41) is 12.2. The van der Waals surface area contributed by atoms with E-state index in [1.807, 2.05) is 6.07 Å². The van der Waals surface area contributed by atoms with Crippen LogP contribution >= 0.6 is 12.2 Å². The molecular formula is C16H16N4O4S2. The Balaban J connectivity index is 2.12. The quantitative estimate of drug-likeness (QED) is 0.644. The summed E-state index contributed by atoms with van der Waals surface area (Å²) in [5.74, 6) is 1.68. The molecule has 0 atom stereocenters. The maximum Gasteiger partial charge on any atom is 0.238 e. The summed E-state index contributed by atoms with van der Waals surface area (Å²) in [4.78, 5) is 0.0175. The zero-order valence-corrected chi connectivity index (χ0v) is 15.6. The van der Waals surface area contributed by atoms with Gasteiger partial charge in [-0.1, -0.05) is 0 Å². The lowest BCUT2D eigenvalue weighted by Gasteiger charge is -2.11. The molecule has 0 fully saturated rings. The first-order valence-electron chi connectivity index (χ1n) is 7.38. The molecule has 0 saturated heterocycles. The zero-order valence-electron chi connectivity index (χ0n) is 14.0. The van der Waals surface area contributed by atoms with Crippen molar-refractivity contribution in [2.24, 2.45) is 5.14 Å². The molecule has 3 rings (SSSR count). The molecule has 1 aromatic heterocycles. The molecular weight excluding hydrogens is 376 g/mol. The van der Waals surface area contributed by atoms with Crippen LogP contribution in [0.25, 0.3) is 17.1 Å². The maximum atomic E-state index is 11.4. The van der Waals surface area contributed by atoms with Gasteiger partial charge in [0.15, 0.2) is 22.1 Å². The summed E-state index contributed by atoms with van der Waals surface area (Å²) in [6.07, 6.45) is 0. The Hall–Kier alpha value is -2.69. The minimum atomic E-state index is -3.77. The van der Waals surface area contributed by atoms with Gasteiger partial charge in [0.05, 0.1) is 24.8 Å². The fourth-order valence-corrected chi connectivity index (χ4v) is 3.24. The second-order valence-corrected chi connectivity index (χ2v) is 7.24. The van der Waals surface area contributed by atoms with Crippen LogP contribution in [0.15, 0.2) is 47.4 Å². The molecule has 10 heteroatoms. The monoisotopic (exact) mass is 392 g/mol. The maximum absolute atomic E-state index is 11.4. The number of benzene rings is 2. The van der Waals surface area contributed by atoms with Gasteiger partial charge in [-0.15, -0.1) is 0 Å². The Kier molecular flexibility index (Phi) is 4.81. The normalized spacial score (nSPS) is 11.3. The van der Waals surface area contributed by atoms with E-state index in [1.165, 1.54) is 12.1 Å². The van der Waals surface area contributed by atoms with Crippen molar-refractivity contribution in [3.8, 4) is 28.6 Å². The molecule has 0 radical (unpaired) electrons. The Bertz CT molecular complexity index is 1100. The average Bonchev–Trinajstić information content (AvgIpc) is 3.02. The van der Waals surface area contributed by atoms with Crippen molar-refractivity contribution in [2.75, 3.05) is 14.2 Å². The van der Waals surface area contributed by atoms with Gasteiger partial charge in [0.25, 0.3) is 0 Å². The smallest absolute Gasteiger partial charge is 0.238 e. The van der Waals surface area contributed by atoms with E-state index < -0.39 is 10.0 Å². The Morgan fingerprint density at radius 1 is 1.08 bits per heavy atom. The van der Waals surface area contributed by atoms with Crippen molar-refractivity contribution >= 4 is 22.2 Å². The molecule has 2 aromatic carbocycles. The second-order valence-electron chi connectivity index (χ2n) is 5.30. The number of aromatic nitrogens is 3. The molecule has 0 amide bonds. The number of aromatic amines is 1. The first-order valence-corrected chi connectivity index (χ1v) is 9.33. The molecule has 0 aliphatic carbocycles. The summed E-state index contributed by atoms with van der Waals surface area (Å²) >= 11 is 5.32. The van der Waals surface area contributed by atoms with Crippen molar-refractivity contribution < 1.29 is 17.9 Å². The predicted octanol–water partition coefficient (Wildman–Crippen LogP) is 2.26. The van der Waals surface area contributed by atoms with Crippen molar-refractivity contribution in [3.05, 3.63) is 47.2 Å². The highest BCUT2D eigenvalue weighted by molar-refractivity contribution is 7.89. The molecule has 0 aliphatic rings. The number of hydrogen-bond acceptors (Lipinski definition) is 6. The zero-order chi connectivity index (χ0) is 18.9. The average molecular weight is 392 g/mol. The summed E-state index contributed by atoms with van der Waals surface area (Å²) < 4.78 is 35.5. The molecule has 1 heterocycles. The van der Waals surface area contributed by atoms with E-state index in [-0.39, 0.29) is 4.90 Å². The Labute approximate surface area is 155 Å². The topological polar surface area (TPSA) is 112 Å². The van der Waals surface area contributed by atoms with Gasteiger partial charge >= 0.3 is 0 Å². The number of nitrogens with one attached hydrogen (secondary N) is 1. The molecule has 0 spiro atoms. The van der Waals surface area contributed by atoms with Crippen LogP contribution in [0.1, 0.15) is 0 Å². The number of nitrogens with two attached hydrogens (primary N) is 1. The van der Waals surface area contributed by atoms with E-state index in [0.29, 0.717) is 27.8 Å². The van der Waals surface area contributed by atoms with Gasteiger partial charge in [-0.2, -0.15) is 5.10 Å². The summed E-state index contributed by atoms with van der Waals surface area (Å²) in [6, 6.07) is 11.4. The number of ether oxygens (including phenoxy) is 2. The van der Waals surface area contributed by atoms with E-state index >= 15 is 0 Å². The number of methoxy groups -OCH3 is 2. The van der Waals surface area contributed by atoms with E-state index in [4.69, 9.17) is 26.8 Å². The third-order valence-electron chi connectivity index (χ3n) is 3.74. The standard InChI is InChI=1S/C16H16N4O4S2/c1-23-13-8-3-10(9-14(13)24-2)15-18-19-16(25)20(15)11-4-6-12(7-5-11)26(17,21)22/h3-9H,1-2H3,(H,19,25)(H2,17,21,22). The lowest BCUT2D eigenvalue weighted by Crippen LogP contribution is -2.12. The summed E-state index contributed by atoms with van der Waals surface area (Å²) in [5.41, 5.74) is 1.38. The second kappa shape index (κ2) is 6.90. The highest BCUT2D eigenvalue weighted by atomic mass is 32.2. The highest BCUT2D eigenvalue weighted by Gasteiger charge is 2.15. The number of H-pyrrole nitrogens is 1. The van der Waals surface area contributed by atoms with Crippen molar-refractivity contribution in [3.63, 3.8) is 0 Å². The minimum absolute atomic E-state index is 0.0175. The number of rotatable bonds is 5. The largest absolute Gasteiger partial charge is 0.493 e. The lowest BCUT2D eigenvalue weighted by molar-refractivity contribution is 0.355. The molecule has 0 saturated carbocycles. The van der Waals surface area contributed by atoms with Crippen LogP contribution in [0.2, 0.25) is 0 Å². The van der Waals surface area contributed by atoms with Gasteiger partial charge in [-0.05, 0) is 54.7 Å². The van der Waals surface area contributed by atoms with Crippen LogP contribution in [0.5, 0.6) is 11.5 Å². The van der Waals surface area contributed by atoms with Gasteiger partial charge in [0.2, 0.25) is 10.0 Å². The first-order chi connectivity index (χ1) is 12.3. The fourth-order valence-electron chi connectivity index (χ4n) is 2.49. The lowest BCUT2D eigenvalue weighted by atomic mass is 10.2. The van der Waals surface area contributed by atoms with Gasteiger partial charge < -0.3 is 9.47 Å². The molecule has 26 heavy (non-hydrogen) atoms. The van der Waals surface area contributed by atoms with Gasteiger partial charge in [-0.3, -0.25) is 9.67 Å². The van der Waals surface area contributed by atoms with Crippen LogP contribution in [0.3, 0.4) is 0 Å². The van der Waals surface area contributed by atoms with Crippen LogP contribution in [0.4, 0.5) is 0 Å². The summed E-state index contributed by atoms with van der Waals surface area (Å²) in [6.45, 7) is 0. The van der Waals surface area contributed by atoms with E-state index in [9.17, 15) is 8.42 Å². The summed E-state index contributed by atoms with van der Waals surface area (Å²) in [7, 11) is -0.664. The number of nitrogens with zero attached hydrogens (tertiary/aromatic N) is 2. The fraction of sp³-hybridized carbons (Fsp3) is 0.125. The molecule has 3 aromatic rings. The minimum Gasteiger partial charge on any atom is -0.493 e. The van der Waals surface area contributed by atoms with E-state index in [1.54, 1.807) is 43.1 Å². The number of sulfonamides is 1. The third-order valence-corrected chi connectivity index (χ3v) is 4.94. The van der Waals surface area contributed by atoms with Gasteiger partial charge in [0, 0.05) is 5.56 Å². The van der Waals surface area contributed by atoms with Crippen LogP contribution in [-0.2, 0) is 10.0 Å². The SMILES string of the molecule is COc1ccc(-c2n[nH]c(=S)n2-c2ccc(S(N)(=O)=O)cc2)cc1OC. The Morgan fingerprint density at radius 3 is 2.31 bits per heavy atom. The van der Waals surface area contributed by atoms with Crippen molar-refractivity contribution in [1.82, 2.24) is 14.8 Å². The first kappa shape index (κ1) is 18.1. The predicted molar refractivity (Wildman–Crippen MR) is 98.7 cm³/mol. The molecule has 8 nitrogen and oxygen atoms in total. The van der Waals surface area contributed by atoms with E-state index in [0.717, 1.165) is 5.56 Å². The molecule has 0 unspecified atom stereocenters. The molecule has 136 valence electrons. The van der Waals surface area contributed by atoms with Gasteiger partial charge in [-0.25, -0.2) is 13.6 Å². The van der Waals surface area contributed by atoms with Crippen LogP contribution in [0, 0.1) is 4.77 Å². The number of hydrogen-bond donors (Lipinski definition) is 2. The molecule has 0 bridgehead atoms. The Morgan fingerprint density at radius 2 is 1.73 bits per heavy atom. The van der Waals surface area contributed by atoms with Crippen LogP contribution in [-0.4, -0.2) is 37.4 Å². The highest BCUT2D eigenvalue weighted by Crippen LogP contribution is 2.32. The molecule has 0 aliphatic heterocycles.